The molecule has 0 radical (unpaired) electrons. The van der Waals surface area contributed by atoms with Crippen LogP contribution in [0.3, 0.4) is 0 Å². The van der Waals surface area contributed by atoms with Crippen molar-refractivity contribution in [1.82, 2.24) is 4.90 Å². The number of phenols is 1. The van der Waals surface area contributed by atoms with Crippen molar-refractivity contribution in [3.8, 4) is 11.5 Å². The number of rotatable bonds is 8. The number of aryl methyl sites for hydroxylation is 1. The Hall–Kier alpha value is -3.01. The highest BCUT2D eigenvalue weighted by molar-refractivity contribution is 6.00. The number of ether oxygens (including phenoxy) is 1. The molecule has 2 heterocycles. The maximum atomic E-state index is 13.8. The molecule has 0 bridgehead atoms. The van der Waals surface area contributed by atoms with Gasteiger partial charge in [0.1, 0.15) is 17.1 Å². The number of unbranched alkanes of at least 4 members (excludes halogenated alkanes) is 2. The van der Waals surface area contributed by atoms with Crippen LogP contribution in [0, 0.1) is 0 Å². The number of carbonyl (C=O) groups excluding carboxylic acids is 1. The molecule has 0 aromatic heterocycles. The third kappa shape index (κ3) is 5.63. The highest BCUT2D eigenvalue weighted by atomic mass is 16.5. The normalized spacial score (nSPS) is 18.5. The molecule has 2 aromatic rings. The van der Waals surface area contributed by atoms with Crippen LogP contribution in [0.5, 0.6) is 11.5 Å². The van der Waals surface area contributed by atoms with Gasteiger partial charge in [0.15, 0.2) is 0 Å². The Morgan fingerprint density at radius 3 is 2.71 bits per heavy atom. The van der Waals surface area contributed by atoms with E-state index in [0.29, 0.717) is 30.0 Å². The minimum absolute atomic E-state index is 0.0560. The van der Waals surface area contributed by atoms with Gasteiger partial charge in [0.25, 0.3) is 5.91 Å². The zero-order valence-corrected chi connectivity index (χ0v) is 21.7. The minimum Gasteiger partial charge on any atom is -0.506 e. The van der Waals surface area contributed by atoms with Gasteiger partial charge in [-0.15, -0.1) is 0 Å². The fraction of sp³-hybridized carbons (Fsp3) is 0.452. The number of phenolic OH excluding ortho intramolecular Hbond substituents is 1. The van der Waals surface area contributed by atoms with Crippen molar-refractivity contribution in [2.45, 2.75) is 84.8 Å². The van der Waals surface area contributed by atoms with Gasteiger partial charge in [-0.05, 0) is 87.8 Å². The van der Waals surface area contributed by atoms with Crippen LogP contribution in [0.15, 0.2) is 48.1 Å². The Morgan fingerprint density at radius 2 is 1.97 bits per heavy atom. The van der Waals surface area contributed by atoms with Crippen molar-refractivity contribution in [3.63, 3.8) is 0 Å². The molecule has 0 saturated carbocycles. The number of aromatic hydroxyl groups is 1. The Balaban J connectivity index is 1.66. The second-order valence-electron chi connectivity index (χ2n) is 10.4. The quantitative estimate of drug-likeness (QED) is 0.325. The standard InChI is InChI=1S/C31H39NO3/c1-5-6-7-13-24-20-27-26(15-18-31(4,35-27)17-10-11-22(2)3)29(33)28(24)30(34)32-19-16-23-12-8-9-14-25(23)21-32/h8-9,11-12,14-15,18,20,33H,5-7,10,13,16-17,19,21H2,1-4H3. The first-order valence-corrected chi connectivity index (χ1v) is 13.1. The summed E-state index contributed by atoms with van der Waals surface area (Å²) in [6, 6.07) is 10.3. The van der Waals surface area contributed by atoms with Crippen molar-refractivity contribution in [1.29, 1.82) is 0 Å². The van der Waals surface area contributed by atoms with Crippen LogP contribution in [0.4, 0.5) is 0 Å². The van der Waals surface area contributed by atoms with Crippen molar-refractivity contribution in [2.75, 3.05) is 6.54 Å². The third-order valence-electron chi connectivity index (χ3n) is 7.20. The Kier molecular flexibility index (Phi) is 7.69. The minimum atomic E-state index is -0.436. The van der Waals surface area contributed by atoms with Crippen LogP contribution in [-0.2, 0) is 19.4 Å². The van der Waals surface area contributed by atoms with Crippen molar-refractivity contribution in [3.05, 3.63) is 75.9 Å². The summed E-state index contributed by atoms with van der Waals surface area (Å²) in [6.07, 6.45) is 12.7. The molecule has 4 heteroatoms. The van der Waals surface area contributed by atoms with E-state index in [0.717, 1.165) is 50.5 Å². The number of carbonyl (C=O) groups is 1. The van der Waals surface area contributed by atoms with Gasteiger partial charge in [-0.2, -0.15) is 0 Å². The van der Waals surface area contributed by atoms with E-state index in [2.05, 4.69) is 52.0 Å². The van der Waals surface area contributed by atoms with Gasteiger partial charge in [-0.1, -0.05) is 55.7 Å². The predicted molar refractivity (Wildman–Crippen MR) is 143 cm³/mol. The van der Waals surface area contributed by atoms with Gasteiger partial charge >= 0.3 is 0 Å². The lowest BCUT2D eigenvalue weighted by atomic mass is 9.90. The SMILES string of the molecule is CCCCCc1cc2c(c(O)c1C(=O)N1CCc3ccccc3C1)C=CC(C)(CCC=C(C)C)O2. The number of amides is 1. The molecule has 0 saturated heterocycles. The molecule has 1 atom stereocenters. The van der Waals surface area contributed by atoms with Crippen molar-refractivity contribution < 1.29 is 14.6 Å². The molecule has 4 rings (SSSR count). The second kappa shape index (κ2) is 10.7. The molecule has 0 spiro atoms. The zero-order valence-electron chi connectivity index (χ0n) is 21.7. The number of hydrogen-bond acceptors (Lipinski definition) is 3. The number of benzene rings is 2. The number of allylic oxidation sites excluding steroid dienone is 2. The van der Waals surface area contributed by atoms with E-state index in [1.54, 1.807) is 0 Å². The van der Waals surface area contributed by atoms with Crippen LogP contribution >= 0.6 is 0 Å². The van der Waals surface area contributed by atoms with E-state index in [9.17, 15) is 9.90 Å². The molecule has 2 aliphatic rings. The third-order valence-corrected chi connectivity index (χ3v) is 7.20. The van der Waals surface area contributed by atoms with E-state index in [1.165, 1.54) is 16.7 Å². The summed E-state index contributed by atoms with van der Waals surface area (Å²) in [4.78, 5) is 15.7. The predicted octanol–water partition coefficient (Wildman–Crippen LogP) is 7.23. The molecule has 35 heavy (non-hydrogen) atoms. The molecule has 4 nitrogen and oxygen atoms in total. The number of hydrogen-bond donors (Lipinski definition) is 1. The van der Waals surface area contributed by atoms with E-state index in [1.807, 2.05) is 29.2 Å². The molecule has 2 aromatic carbocycles. The lowest BCUT2D eigenvalue weighted by molar-refractivity contribution is 0.0730. The zero-order chi connectivity index (χ0) is 25.0. The summed E-state index contributed by atoms with van der Waals surface area (Å²) in [5.41, 5.74) is 5.30. The van der Waals surface area contributed by atoms with E-state index in [-0.39, 0.29) is 11.7 Å². The Morgan fingerprint density at radius 1 is 1.20 bits per heavy atom. The fourth-order valence-corrected chi connectivity index (χ4v) is 5.11. The van der Waals surface area contributed by atoms with Crippen LogP contribution in [0.1, 0.15) is 92.4 Å². The molecule has 186 valence electrons. The highest BCUT2D eigenvalue weighted by Crippen LogP contribution is 2.42. The summed E-state index contributed by atoms with van der Waals surface area (Å²) in [5.74, 6) is 0.647. The molecule has 0 aliphatic carbocycles. The van der Waals surface area contributed by atoms with E-state index >= 15 is 0 Å². The molecule has 0 fully saturated rings. The molecular formula is C31H39NO3. The van der Waals surface area contributed by atoms with Crippen molar-refractivity contribution >= 4 is 12.0 Å². The molecule has 2 aliphatic heterocycles. The summed E-state index contributed by atoms with van der Waals surface area (Å²) in [5, 5.41) is 11.4. The first-order chi connectivity index (χ1) is 16.8. The van der Waals surface area contributed by atoms with Gasteiger partial charge in [0, 0.05) is 13.1 Å². The van der Waals surface area contributed by atoms with Crippen LogP contribution in [-0.4, -0.2) is 28.1 Å². The second-order valence-corrected chi connectivity index (χ2v) is 10.4. The van der Waals surface area contributed by atoms with Crippen LogP contribution in [0.2, 0.25) is 0 Å². The molecule has 1 unspecified atom stereocenters. The first-order valence-electron chi connectivity index (χ1n) is 13.1. The number of fused-ring (bicyclic) bond motifs is 2. The highest BCUT2D eigenvalue weighted by Gasteiger charge is 2.33. The average Bonchev–Trinajstić information content (AvgIpc) is 2.83. The monoisotopic (exact) mass is 473 g/mol. The lowest BCUT2D eigenvalue weighted by Gasteiger charge is -2.34. The lowest BCUT2D eigenvalue weighted by Crippen LogP contribution is -2.37. The van der Waals surface area contributed by atoms with Gasteiger partial charge in [0.05, 0.1) is 11.1 Å². The van der Waals surface area contributed by atoms with Crippen LogP contribution < -0.4 is 4.74 Å². The summed E-state index contributed by atoms with van der Waals surface area (Å²) in [7, 11) is 0. The van der Waals surface area contributed by atoms with Crippen molar-refractivity contribution in [2.24, 2.45) is 0 Å². The van der Waals surface area contributed by atoms with Crippen LogP contribution in [0.25, 0.3) is 6.08 Å². The molecule has 1 N–H and O–H groups in total. The largest absolute Gasteiger partial charge is 0.506 e. The first kappa shape index (κ1) is 25.1. The number of nitrogens with zero attached hydrogens (tertiary/aromatic N) is 1. The molecular weight excluding hydrogens is 434 g/mol. The Bertz CT molecular complexity index is 1140. The topological polar surface area (TPSA) is 49.8 Å². The maximum Gasteiger partial charge on any atom is 0.258 e. The average molecular weight is 474 g/mol. The maximum absolute atomic E-state index is 13.8. The summed E-state index contributed by atoms with van der Waals surface area (Å²) in [6.45, 7) is 9.71. The molecule has 1 amide bonds. The Labute approximate surface area is 210 Å². The van der Waals surface area contributed by atoms with Gasteiger partial charge in [-0.25, -0.2) is 0 Å². The fourth-order valence-electron chi connectivity index (χ4n) is 5.11. The smallest absolute Gasteiger partial charge is 0.258 e. The van der Waals surface area contributed by atoms with Gasteiger partial charge < -0.3 is 14.7 Å². The van der Waals surface area contributed by atoms with E-state index in [4.69, 9.17) is 4.74 Å². The van der Waals surface area contributed by atoms with Gasteiger partial charge in [0.2, 0.25) is 0 Å². The van der Waals surface area contributed by atoms with E-state index < -0.39 is 5.60 Å². The summed E-state index contributed by atoms with van der Waals surface area (Å²) >= 11 is 0. The van der Waals surface area contributed by atoms with Gasteiger partial charge in [-0.3, -0.25) is 4.79 Å². The summed E-state index contributed by atoms with van der Waals surface area (Å²) < 4.78 is 6.45.